The molecule has 2 aromatic heterocycles. The van der Waals surface area contributed by atoms with Gasteiger partial charge in [-0.2, -0.15) is 0 Å². The van der Waals surface area contributed by atoms with Crippen LogP contribution in [0.25, 0.3) is 0 Å². The van der Waals surface area contributed by atoms with Crippen LogP contribution in [0, 0.1) is 5.82 Å². The van der Waals surface area contributed by atoms with Crippen molar-refractivity contribution in [3.05, 3.63) is 66.0 Å². The lowest BCUT2D eigenvalue weighted by atomic mass is 10.1. The molecule has 1 fully saturated rings. The van der Waals surface area contributed by atoms with Gasteiger partial charge in [-0.05, 0) is 55.8 Å². The topological polar surface area (TPSA) is 94.0 Å². The zero-order valence-corrected chi connectivity index (χ0v) is 18.2. The molecule has 1 aliphatic rings. The van der Waals surface area contributed by atoms with E-state index in [9.17, 15) is 9.18 Å². The molecule has 31 heavy (non-hydrogen) atoms. The highest BCUT2D eigenvalue weighted by Crippen LogP contribution is 2.24. The summed E-state index contributed by atoms with van der Waals surface area (Å²) in [6.07, 6.45) is 6.69. The number of ether oxygens (including phenoxy) is 1. The minimum absolute atomic E-state index is 0. The molecule has 0 unspecified atom stereocenters. The van der Waals surface area contributed by atoms with Gasteiger partial charge in [-0.3, -0.25) is 9.78 Å². The van der Waals surface area contributed by atoms with E-state index in [1.165, 1.54) is 18.3 Å². The predicted molar refractivity (Wildman–Crippen MR) is 118 cm³/mol. The number of amides is 1. The number of benzene rings is 1. The first-order valence-corrected chi connectivity index (χ1v) is 9.46. The van der Waals surface area contributed by atoms with Gasteiger partial charge in [-0.1, -0.05) is 11.3 Å². The van der Waals surface area contributed by atoms with Gasteiger partial charge in [-0.15, -0.1) is 29.9 Å². The number of rotatable bonds is 6. The van der Waals surface area contributed by atoms with Gasteiger partial charge in [0.15, 0.2) is 17.3 Å². The van der Waals surface area contributed by atoms with Crippen molar-refractivity contribution >= 4 is 30.7 Å². The summed E-state index contributed by atoms with van der Waals surface area (Å²) in [5.74, 6) is -0.319. The van der Waals surface area contributed by atoms with Crippen molar-refractivity contribution in [2.45, 2.75) is 25.4 Å². The van der Waals surface area contributed by atoms with E-state index >= 15 is 0 Å². The monoisotopic (exact) mass is 468 g/mol. The Balaban J connectivity index is 0.00000171. The number of pyridine rings is 1. The maximum Gasteiger partial charge on any atom is 0.273 e. The van der Waals surface area contributed by atoms with Crippen molar-refractivity contribution < 1.29 is 13.9 Å². The van der Waals surface area contributed by atoms with Crippen LogP contribution in [-0.4, -0.2) is 39.0 Å². The standard InChI is InChI=1S/C20H21FN6O2.2ClH/c21-17-10-14(3-4-19(17)29-16-2-1-7-23-12-16)11-24-20(28)18-13-27(26-25-18)15-5-8-22-9-6-15;;/h1-4,7,10,12-13,15,22H,5-6,8-9,11H2,(H,24,28);2*1H. The molecule has 1 aromatic carbocycles. The Hall–Kier alpha value is -2.75. The molecular weight excluding hydrogens is 446 g/mol. The molecule has 166 valence electrons. The number of hydrogen-bond donors (Lipinski definition) is 2. The van der Waals surface area contributed by atoms with Crippen LogP contribution < -0.4 is 15.4 Å². The lowest BCUT2D eigenvalue weighted by Gasteiger charge is -2.22. The van der Waals surface area contributed by atoms with Crippen LogP contribution in [0.4, 0.5) is 4.39 Å². The van der Waals surface area contributed by atoms with Crippen molar-refractivity contribution in [2.75, 3.05) is 13.1 Å². The summed E-state index contributed by atoms with van der Waals surface area (Å²) in [5, 5.41) is 14.1. The van der Waals surface area contributed by atoms with Gasteiger partial charge in [0.2, 0.25) is 0 Å². The summed E-state index contributed by atoms with van der Waals surface area (Å²) in [6.45, 7) is 2.03. The number of piperidine rings is 1. The van der Waals surface area contributed by atoms with Gasteiger partial charge in [0.25, 0.3) is 5.91 Å². The summed E-state index contributed by atoms with van der Waals surface area (Å²) in [6, 6.07) is 8.21. The van der Waals surface area contributed by atoms with Gasteiger partial charge in [0, 0.05) is 12.7 Å². The highest BCUT2D eigenvalue weighted by atomic mass is 35.5. The summed E-state index contributed by atoms with van der Waals surface area (Å²) in [5.41, 5.74) is 0.862. The first-order valence-electron chi connectivity index (χ1n) is 9.46. The second-order valence-electron chi connectivity index (χ2n) is 6.80. The average molecular weight is 469 g/mol. The second-order valence-corrected chi connectivity index (χ2v) is 6.80. The highest BCUT2D eigenvalue weighted by molar-refractivity contribution is 5.91. The van der Waals surface area contributed by atoms with Crippen molar-refractivity contribution in [2.24, 2.45) is 0 Å². The molecule has 1 saturated heterocycles. The molecule has 1 aliphatic heterocycles. The Kier molecular flexibility index (Phi) is 9.17. The van der Waals surface area contributed by atoms with Crippen molar-refractivity contribution in [3.8, 4) is 11.5 Å². The normalized spacial score (nSPS) is 13.6. The molecule has 3 aromatic rings. The smallest absolute Gasteiger partial charge is 0.273 e. The second kappa shape index (κ2) is 11.6. The molecule has 1 amide bonds. The van der Waals surface area contributed by atoms with Crippen LogP contribution in [0.15, 0.2) is 48.9 Å². The summed E-state index contributed by atoms with van der Waals surface area (Å²) in [4.78, 5) is 16.3. The molecule has 0 aliphatic carbocycles. The molecular formula is C20H23Cl2FN6O2. The summed E-state index contributed by atoms with van der Waals surface area (Å²) in [7, 11) is 0. The van der Waals surface area contributed by atoms with E-state index in [1.54, 1.807) is 35.3 Å². The van der Waals surface area contributed by atoms with Gasteiger partial charge in [-0.25, -0.2) is 9.07 Å². The molecule has 0 bridgehead atoms. The third kappa shape index (κ3) is 6.36. The van der Waals surface area contributed by atoms with Crippen LogP contribution in [0.3, 0.4) is 0 Å². The Morgan fingerprint density at radius 1 is 1.26 bits per heavy atom. The maximum atomic E-state index is 14.3. The predicted octanol–water partition coefficient (Wildman–Crippen LogP) is 3.30. The van der Waals surface area contributed by atoms with Crippen LogP contribution in [0.5, 0.6) is 11.5 Å². The van der Waals surface area contributed by atoms with E-state index in [1.807, 2.05) is 0 Å². The van der Waals surface area contributed by atoms with E-state index in [0.29, 0.717) is 11.3 Å². The Bertz CT molecular complexity index is 983. The third-order valence-electron chi connectivity index (χ3n) is 4.74. The molecule has 0 spiro atoms. The van der Waals surface area contributed by atoms with Gasteiger partial charge in [0.1, 0.15) is 5.75 Å². The van der Waals surface area contributed by atoms with Crippen LogP contribution in [0.2, 0.25) is 0 Å². The molecule has 3 heterocycles. The van der Waals surface area contributed by atoms with E-state index in [4.69, 9.17) is 4.74 Å². The lowest BCUT2D eigenvalue weighted by Crippen LogP contribution is -2.29. The fourth-order valence-electron chi connectivity index (χ4n) is 3.17. The first-order chi connectivity index (χ1) is 14.2. The first kappa shape index (κ1) is 24.5. The molecule has 4 rings (SSSR count). The van der Waals surface area contributed by atoms with Crippen LogP contribution >= 0.6 is 24.8 Å². The minimum Gasteiger partial charge on any atom is -0.453 e. The molecule has 11 heteroatoms. The summed E-state index contributed by atoms with van der Waals surface area (Å²) >= 11 is 0. The molecule has 0 radical (unpaired) electrons. The van der Waals surface area contributed by atoms with Crippen LogP contribution in [0.1, 0.15) is 34.9 Å². The zero-order chi connectivity index (χ0) is 20.1. The molecule has 0 atom stereocenters. The molecule has 0 saturated carbocycles. The number of carbonyl (C=O) groups excluding carboxylic acids is 1. The van der Waals surface area contributed by atoms with Crippen molar-refractivity contribution in [1.82, 2.24) is 30.6 Å². The van der Waals surface area contributed by atoms with E-state index in [2.05, 4.69) is 25.9 Å². The highest BCUT2D eigenvalue weighted by Gasteiger charge is 2.18. The average Bonchev–Trinajstić information content (AvgIpc) is 3.26. The van der Waals surface area contributed by atoms with E-state index in [-0.39, 0.29) is 54.8 Å². The third-order valence-corrected chi connectivity index (χ3v) is 4.74. The number of halogens is 3. The Labute approximate surface area is 191 Å². The number of hydrogen-bond acceptors (Lipinski definition) is 6. The van der Waals surface area contributed by atoms with E-state index < -0.39 is 5.82 Å². The van der Waals surface area contributed by atoms with Crippen molar-refractivity contribution in [3.63, 3.8) is 0 Å². The number of aromatic nitrogens is 4. The van der Waals surface area contributed by atoms with E-state index in [0.717, 1.165) is 25.9 Å². The Morgan fingerprint density at radius 3 is 2.77 bits per heavy atom. The minimum atomic E-state index is -0.516. The number of carbonyl (C=O) groups is 1. The van der Waals surface area contributed by atoms with Crippen molar-refractivity contribution in [1.29, 1.82) is 0 Å². The zero-order valence-electron chi connectivity index (χ0n) is 16.5. The van der Waals surface area contributed by atoms with Gasteiger partial charge >= 0.3 is 0 Å². The summed E-state index contributed by atoms with van der Waals surface area (Å²) < 4.78 is 21.5. The Morgan fingerprint density at radius 2 is 2.06 bits per heavy atom. The quantitative estimate of drug-likeness (QED) is 0.576. The van der Waals surface area contributed by atoms with Gasteiger partial charge in [0.05, 0.1) is 18.4 Å². The molecule has 8 nitrogen and oxygen atoms in total. The molecule has 2 N–H and O–H groups in total. The fraction of sp³-hybridized carbons (Fsp3) is 0.300. The maximum absolute atomic E-state index is 14.3. The largest absolute Gasteiger partial charge is 0.453 e. The fourth-order valence-corrected chi connectivity index (χ4v) is 3.17. The van der Waals surface area contributed by atoms with Gasteiger partial charge < -0.3 is 15.4 Å². The number of nitrogens with zero attached hydrogens (tertiary/aromatic N) is 4. The van der Waals surface area contributed by atoms with Crippen LogP contribution in [-0.2, 0) is 6.54 Å². The SMILES string of the molecule is Cl.Cl.O=C(NCc1ccc(Oc2cccnc2)c(F)c1)c1cn(C2CCNCC2)nn1. The lowest BCUT2D eigenvalue weighted by molar-refractivity contribution is 0.0945. The number of nitrogens with one attached hydrogen (secondary N) is 2.